The molecule has 1 heterocycles. The monoisotopic (exact) mass is 256 g/mol. The molecular weight excluding hydrogens is 236 g/mol. The van der Waals surface area contributed by atoms with Crippen molar-refractivity contribution in [2.45, 2.75) is 6.92 Å². The van der Waals surface area contributed by atoms with Crippen LogP contribution in [0.5, 0.6) is 0 Å². The fourth-order valence-corrected chi connectivity index (χ4v) is 1.79. The number of benzene rings is 1. The maximum absolute atomic E-state index is 4.42. The molecule has 1 aromatic carbocycles. The van der Waals surface area contributed by atoms with Gasteiger partial charge in [0, 0.05) is 38.1 Å². The van der Waals surface area contributed by atoms with Crippen LogP contribution in [-0.2, 0) is 0 Å². The van der Waals surface area contributed by atoms with Crippen molar-refractivity contribution in [2.24, 2.45) is 0 Å². The van der Waals surface area contributed by atoms with Gasteiger partial charge in [0.25, 0.3) is 0 Å². The van der Waals surface area contributed by atoms with Gasteiger partial charge in [0.1, 0.15) is 0 Å². The zero-order valence-corrected chi connectivity index (χ0v) is 11.7. The third kappa shape index (κ3) is 3.51. The number of nitrogens with zero attached hydrogens (tertiary/aromatic N) is 3. The second-order valence-corrected chi connectivity index (χ2v) is 4.66. The van der Waals surface area contributed by atoms with Gasteiger partial charge in [-0.2, -0.15) is 0 Å². The second-order valence-electron chi connectivity index (χ2n) is 4.66. The van der Waals surface area contributed by atoms with E-state index in [-0.39, 0.29) is 0 Å². The van der Waals surface area contributed by atoms with Crippen LogP contribution in [0.1, 0.15) is 5.56 Å². The van der Waals surface area contributed by atoms with Crippen molar-refractivity contribution in [3.8, 4) is 11.1 Å². The van der Waals surface area contributed by atoms with Crippen molar-refractivity contribution < 1.29 is 0 Å². The fraction of sp³-hybridized carbons (Fsp3) is 0.333. The van der Waals surface area contributed by atoms with Gasteiger partial charge in [-0.3, -0.25) is 0 Å². The largest absolute Gasteiger partial charge is 0.343 e. The van der Waals surface area contributed by atoms with Gasteiger partial charge in [-0.15, -0.1) is 0 Å². The number of likely N-dealkylation sites (N-methyl/N-ethyl adjacent to an activating group) is 2. The smallest absolute Gasteiger partial charge is 0.225 e. The third-order valence-electron chi connectivity index (χ3n) is 3.06. The van der Waals surface area contributed by atoms with Crippen LogP contribution in [0.2, 0.25) is 0 Å². The SMILES string of the molecule is CNCCN(C)c1ncc(-c2ccc(C)cc2)cn1. The minimum atomic E-state index is 0.756. The van der Waals surface area contributed by atoms with Gasteiger partial charge in [-0.05, 0) is 19.5 Å². The topological polar surface area (TPSA) is 41.0 Å². The van der Waals surface area contributed by atoms with Crippen molar-refractivity contribution >= 4 is 5.95 Å². The highest BCUT2D eigenvalue weighted by atomic mass is 15.2. The number of nitrogens with one attached hydrogen (secondary N) is 1. The summed E-state index contributed by atoms with van der Waals surface area (Å²) in [6.45, 7) is 3.89. The molecule has 1 aromatic heterocycles. The minimum absolute atomic E-state index is 0.756. The van der Waals surface area contributed by atoms with E-state index in [9.17, 15) is 0 Å². The van der Waals surface area contributed by atoms with E-state index in [1.165, 1.54) is 5.56 Å². The summed E-state index contributed by atoms with van der Waals surface area (Å²) in [6.07, 6.45) is 3.76. The molecule has 0 spiro atoms. The van der Waals surface area contributed by atoms with Gasteiger partial charge in [-0.25, -0.2) is 9.97 Å². The Hall–Kier alpha value is -1.94. The van der Waals surface area contributed by atoms with Crippen LogP contribution >= 0.6 is 0 Å². The molecule has 0 atom stereocenters. The minimum Gasteiger partial charge on any atom is -0.343 e. The number of anilines is 1. The third-order valence-corrected chi connectivity index (χ3v) is 3.06. The maximum atomic E-state index is 4.42. The van der Waals surface area contributed by atoms with E-state index in [4.69, 9.17) is 0 Å². The summed E-state index contributed by atoms with van der Waals surface area (Å²) in [5.41, 5.74) is 3.45. The quantitative estimate of drug-likeness (QED) is 0.889. The summed E-state index contributed by atoms with van der Waals surface area (Å²) in [7, 11) is 3.94. The Balaban J connectivity index is 2.11. The lowest BCUT2D eigenvalue weighted by atomic mass is 10.1. The summed E-state index contributed by atoms with van der Waals surface area (Å²) < 4.78 is 0. The zero-order chi connectivity index (χ0) is 13.7. The van der Waals surface area contributed by atoms with Crippen LogP contribution < -0.4 is 10.2 Å². The van der Waals surface area contributed by atoms with Crippen molar-refractivity contribution in [2.75, 3.05) is 32.1 Å². The summed E-state index contributed by atoms with van der Waals surface area (Å²) >= 11 is 0. The van der Waals surface area contributed by atoms with Crippen LogP contribution in [0.25, 0.3) is 11.1 Å². The number of aryl methyl sites for hydroxylation is 1. The number of hydrogen-bond acceptors (Lipinski definition) is 4. The van der Waals surface area contributed by atoms with Crippen LogP contribution in [0.3, 0.4) is 0 Å². The molecular formula is C15H20N4. The lowest BCUT2D eigenvalue weighted by molar-refractivity contribution is 0.753. The van der Waals surface area contributed by atoms with Crippen molar-refractivity contribution in [1.29, 1.82) is 0 Å². The Labute approximate surface area is 114 Å². The lowest BCUT2D eigenvalue weighted by Crippen LogP contribution is -2.28. The predicted molar refractivity (Wildman–Crippen MR) is 79.4 cm³/mol. The van der Waals surface area contributed by atoms with E-state index in [0.717, 1.165) is 30.2 Å². The van der Waals surface area contributed by atoms with Gasteiger partial charge in [-0.1, -0.05) is 29.8 Å². The highest BCUT2D eigenvalue weighted by Gasteiger charge is 2.04. The Bertz CT molecular complexity index is 505. The molecule has 2 aromatic rings. The molecule has 4 nitrogen and oxygen atoms in total. The molecule has 0 aliphatic heterocycles. The van der Waals surface area contributed by atoms with Gasteiger partial charge < -0.3 is 10.2 Å². The van der Waals surface area contributed by atoms with E-state index in [1.807, 2.05) is 31.4 Å². The number of hydrogen-bond donors (Lipinski definition) is 1. The average molecular weight is 256 g/mol. The van der Waals surface area contributed by atoms with Crippen molar-refractivity contribution in [3.05, 3.63) is 42.2 Å². The van der Waals surface area contributed by atoms with Gasteiger partial charge >= 0.3 is 0 Å². The molecule has 0 fully saturated rings. The van der Waals surface area contributed by atoms with E-state index in [0.29, 0.717) is 0 Å². The summed E-state index contributed by atoms with van der Waals surface area (Å²) in [6, 6.07) is 8.39. The molecule has 19 heavy (non-hydrogen) atoms. The van der Waals surface area contributed by atoms with Crippen molar-refractivity contribution in [1.82, 2.24) is 15.3 Å². The van der Waals surface area contributed by atoms with E-state index in [2.05, 4.69) is 46.5 Å². The first-order chi connectivity index (χ1) is 9.20. The number of aromatic nitrogens is 2. The molecule has 0 saturated heterocycles. The maximum Gasteiger partial charge on any atom is 0.225 e. The van der Waals surface area contributed by atoms with Crippen LogP contribution in [0, 0.1) is 6.92 Å². The molecule has 0 saturated carbocycles. The Kier molecular flexibility index (Phi) is 4.47. The lowest BCUT2D eigenvalue weighted by Gasteiger charge is -2.16. The molecule has 2 rings (SSSR count). The van der Waals surface area contributed by atoms with Gasteiger partial charge in [0.15, 0.2) is 0 Å². The Morgan fingerprint density at radius 1 is 1.05 bits per heavy atom. The van der Waals surface area contributed by atoms with E-state index >= 15 is 0 Å². The average Bonchev–Trinajstić information content (AvgIpc) is 2.46. The molecule has 0 aliphatic rings. The molecule has 0 unspecified atom stereocenters. The predicted octanol–water partition coefficient (Wildman–Crippen LogP) is 2.11. The summed E-state index contributed by atoms with van der Waals surface area (Å²) in [5, 5.41) is 3.11. The van der Waals surface area contributed by atoms with Crippen LogP contribution in [0.15, 0.2) is 36.7 Å². The molecule has 100 valence electrons. The van der Waals surface area contributed by atoms with Crippen LogP contribution in [0.4, 0.5) is 5.95 Å². The zero-order valence-electron chi connectivity index (χ0n) is 11.7. The van der Waals surface area contributed by atoms with Gasteiger partial charge in [0.2, 0.25) is 5.95 Å². The standard InChI is InChI=1S/C15H20N4/c1-12-4-6-13(7-5-12)14-10-17-15(18-11-14)19(3)9-8-16-2/h4-7,10-11,16H,8-9H2,1-3H3. The van der Waals surface area contributed by atoms with E-state index in [1.54, 1.807) is 0 Å². The first kappa shape index (κ1) is 13.5. The summed E-state index contributed by atoms with van der Waals surface area (Å²) in [5.74, 6) is 0.756. The highest BCUT2D eigenvalue weighted by molar-refractivity contribution is 5.62. The summed E-state index contributed by atoms with van der Waals surface area (Å²) in [4.78, 5) is 10.9. The molecule has 0 radical (unpaired) electrons. The van der Waals surface area contributed by atoms with Crippen molar-refractivity contribution in [3.63, 3.8) is 0 Å². The molecule has 0 amide bonds. The molecule has 0 aliphatic carbocycles. The fourth-order valence-electron chi connectivity index (χ4n) is 1.79. The molecule has 1 N–H and O–H groups in total. The highest BCUT2D eigenvalue weighted by Crippen LogP contribution is 2.19. The normalized spacial score (nSPS) is 10.5. The van der Waals surface area contributed by atoms with E-state index < -0.39 is 0 Å². The Morgan fingerprint density at radius 2 is 1.68 bits per heavy atom. The Morgan fingerprint density at radius 3 is 2.26 bits per heavy atom. The molecule has 0 bridgehead atoms. The van der Waals surface area contributed by atoms with Crippen LogP contribution in [-0.4, -0.2) is 37.2 Å². The first-order valence-corrected chi connectivity index (χ1v) is 6.45. The second kappa shape index (κ2) is 6.29. The van der Waals surface area contributed by atoms with Gasteiger partial charge in [0.05, 0.1) is 0 Å². The first-order valence-electron chi connectivity index (χ1n) is 6.45. The molecule has 4 heteroatoms. The number of rotatable bonds is 5.